The van der Waals surface area contributed by atoms with Gasteiger partial charge in [0.05, 0.1) is 0 Å². The van der Waals surface area contributed by atoms with Crippen molar-refractivity contribution in [3.8, 4) is 0 Å². The van der Waals surface area contributed by atoms with E-state index >= 15 is 0 Å². The first-order chi connectivity index (χ1) is 13.9. The zero-order valence-corrected chi connectivity index (χ0v) is 14.6. The largest absolute Gasteiger partial charge is 0.446 e. The van der Waals surface area contributed by atoms with E-state index in [0.717, 1.165) is 0 Å². The SMILES string of the molecule is CC1(C(F)(F)F)OC(F)(F)C2(C(F)(F)O1)C(F)(F)OC(COCF)(C(F)(F)F)OC2(F)F. The fraction of sp³-hybridized carbons (Fsp3) is 1.00. The summed E-state index contributed by atoms with van der Waals surface area (Å²) >= 11 is 0. The lowest BCUT2D eigenvalue weighted by molar-refractivity contribution is -0.686. The summed E-state index contributed by atoms with van der Waals surface area (Å²) in [6.07, 6.45) is -41.4. The molecule has 0 saturated carbocycles. The van der Waals surface area contributed by atoms with Crippen LogP contribution in [-0.2, 0) is 23.7 Å². The number of halogens is 15. The third-order valence-electron chi connectivity index (χ3n) is 4.29. The van der Waals surface area contributed by atoms with Gasteiger partial charge in [0.2, 0.25) is 0 Å². The lowest BCUT2D eigenvalue weighted by Crippen LogP contribution is -2.85. The van der Waals surface area contributed by atoms with Crippen LogP contribution < -0.4 is 0 Å². The second-order valence-electron chi connectivity index (χ2n) is 6.38. The minimum atomic E-state index is -7.14. The maximum Gasteiger partial charge on any atom is 0.446 e. The lowest BCUT2D eigenvalue weighted by Gasteiger charge is -2.59. The molecule has 190 valence electrons. The standard InChI is InChI=1S/C12H7F15O5/c1-4(7(14,15)16)29-9(20,21)6(10(22,23)30-4)11(24,25)31-5(2-28-3-13,8(17,18)19)32-12(6,26)27/h2-3H2,1H3. The van der Waals surface area contributed by atoms with Gasteiger partial charge in [0, 0.05) is 0 Å². The van der Waals surface area contributed by atoms with Crippen molar-refractivity contribution in [1.82, 2.24) is 0 Å². The Morgan fingerprint density at radius 3 is 1.25 bits per heavy atom. The summed E-state index contributed by atoms with van der Waals surface area (Å²) in [5.41, 5.74) is -7.09. The molecule has 2 heterocycles. The quantitative estimate of drug-likeness (QED) is 0.499. The normalized spacial score (nSPS) is 38.6. The van der Waals surface area contributed by atoms with Crippen LogP contribution in [0.2, 0.25) is 0 Å². The highest BCUT2D eigenvalue weighted by molar-refractivity contribution is 5.13. The van der Waals surface area contributed by atoms with Crippen molar-refractivity contribution in [2.24, 2.45) is 5.41 Å². The minimum Gasteiger partial charge on any atom is -0.344 e. The molecule has 0 N–H and O–H groups in total. The highest BCUT2D eigenvalue weighted by Gasteiger charge is 3.01. The molecule has 5 nitrogen and oxygen atoms in total. The van der Waals surface area contributed by atoms with E-state index in [2.05, 4.69) is 23.7 Å². The van der Waals surface area contributed by atoms with Crippen molar-refractivity contribution < 1.29 is 89.5 Å². The van der Waals surface area contributed by atoms with Gasteiger partial charge >= 0.3 is 42.2 Å². The molecular formula is C12H7F15O5. The number of alkyl halides is 15. The first kappa shape index (κ1) is 27.0. The molecule has 0 aromatic heterocycles. The predicted molar refractivity (Wildman–Crippen MR) is 61.7 cm³/mol. The molecule has 32 heavy (non-hydrogen) atoms. The van der Waals surface area contributed by atoms with Crippen LogP contribution in [0.15, 0.2) is 0 Å². The Morgan fingerprint density at radius 1 is 0.625 bits per heavy atom. The Labute approximate surface area is 165 Å². The molecule has 1 spiro atoms. The van der Waals surface area contributed by atoms with Crippen molar-refractivity contribution in [3.63, 3.8) is 0 Å². The van der Waals surface area contributed by atoms with E-state index in [1.165, 1.54) is 0 Å². The van der Waals surface area contributed by atoms with Crippen molar-refractivity contribution in [1.29, 1.82) is 0 Å². The summed E-state index contributed by atoms with van der Waals surface area (Å²) in [5, 5.41) is 0. The molecule has 0 unspecified atom stereocenters. The Kier molecular flexibility index (Phi) is 5.81. The molecule has 0 aromatic carbocycles. The highest BCUT2D eigenvalue weighted by atomic mass is 19.4. The van der Waals surface area contributed by atoms with E-state index in [9.17, 15) is 65.9 Å². The summed E-state index contributed by atoms with van der Waals surface area (Å²) < 4.78 is 219. The molecule has 0 aromatic rings. The van der Waals surface area contributed by atoms with Gasteiger partial charge in [0.1, 0.15) is 6.61 Å². The molecule has 2 rings (SSSR count). The molecule has 2 saturated heterocycles. The van der Waals surface area contributed by atoms with Crippen LogP contribution >= 0.6 is 0 Å². The van der Waals surface area contributed by atoms with Gasteiger partial charge in [-0.05, 0) is 6.92 Å². The Hall–Kier alpha value is -1.25. The summed E-state index contributed by atoms with van der Waals surface area (Å²) in [6.45, 7) is -5.82. The van der Waals surface area contributed by atoms with Gasteiger partial charge in [-0.15, -0.1) is 0 Å². The molecule has 2 aliphatic heterocycles. The third kappa shape index (κ3) is 3.31. The van der Waals surface area contributed by atoms with Crippen LogP contribution in [0.5, 0.6) is 0 Å². The Bertz CT molecular complexity index is 691. The summed E-state index contributed by atoms with van der Waals surface area (Å²) in [4.78, 5) is 0. The van der Waals surface area contributed by atoms with Crippen molar-refractivity contribution >= 4 is 0 Å². The maximum absolute atomic E-state index is 14.4. The molecule has 2 fully saturated rings. The van der Waals surface area contributed by atoms with E-state index in [4.69, 9.17) is 0 Å². The van der Waals surface area contributed by atoms with E-state index < -0.39 is 74.2 Å². The smallest absolute Gasteiger partial charge is 0.344 e. The molecule has 2 aliphatic rings. The summed E-state index contributed by atoms with van der Waals surface area (Å²) in [5.74, 6) is -10.8. The Morgan fingerprint density at radius 2 is 0.969 bits per heavy atom. The van der Waals surface area contributed by atoms with E-state index in [-0.39, 0.29) is 0 Å². The van der Waals surface area contributed by atoms with Crippen molar-refractivity contribution in [2.75, 3.05) is 13.5 Å². The highest BCUT2D eigenvalue weighted by Crippen LogP contribution is 2.73. The van der Waals surface area contributed by atoms with Crippen molar-refractivity contribution in [2.45, 2.75) is 55.3 Å². The van der Waals surface area contributed by atoms with E-state index in [1.54, 1.807) is 0 Å². The molecule has 20 heteroatoms. The van der Waals surface area contributed by atoms with Gasteiger partial charge in [-0.2, -0.15) is 61.5 Å². The van der Waals surface area contributed by atoms with E-state index in [0.29, 0.717) is 0 Å². The number of ether oxygens (including phenoxy) is 5. The second kappa shape index (κ2) is 6.89. The zero-order chi connectivity index (χ0) is 25.4. The predicted octanol–water partition coefficient (Wildman–Crippen LogP) is 4.92. The van der Waals surface area contributed by atoms with E-state index in [1.807, 2.05) is 0 Å². The molecule has 0 atom stereocenters. The van der Waals surface area contributed by atoms with Crippen LogP contribution in [0.3, 0.4) is 0 Å². The van der Waals surface area contributed by atoms with Gasteiger partial charge in [-0.3, -0.25) is 18.9 Å². The lowest BCUT2D eigenvalue weighted by atomic mass is 9.78. The Balaban J connectivity index is 2.79. The molecular weight excluding hydrogens is 509 g/mol. The molecule has 0 bridgehead atoms. The first-order valence-electron chi connectivity index (χ1n) is 7.48. The second-order valence-corrected chi connectivity index (χ2v) is 6.38. The minimum absolute atomic E-state index is 0.738. The fourth-order valence-corrected chi connectivity index (χ4v) is 2.81. The van der Waals surface area contributed by atoms with Gasteiger partial charge in [0.25, 0.3) is 11.6 Å². The van der Waals surface area contributed by atoms with Crippen LogP contribution in [0.25, 0.3) is 0 Å². The van der Waals surface area contributed by atoms with Crippen LogP contribution in [0.1, 0.15) is 6.92 Å². The third-order valence-corrected chi connectivity index (χ3v) is 4.29. The average Bonchev–Trinajstić information content (AvgIpc) is 2.45. The van der Waals surface area contributed by atoms with Gasteiger partial charge in [-0.1, -0.05) is 0 Å². The average molecular weight is 516 g/mol. The van der Waals surface area contributed by atoms with Crippen molar-refractivity contribution in [3.05, 3.63) is 0 Å². The fourth-order valence-electron chi connectivity index (χ4n) is 2.81. The van der Waals surface area contributed by atoms with Crippen LogP contribution in [0.4, 0.5) is 65.9 Å². The van der Waals surface area contributed by atoms with Gasteiger partial charge < -0.3 is 4.74 Å². The van der Waals surface area contributed by atoms with Gasteiger partial charge in [-0.25, -0.2) is 4.39 Å². The monoisotopic (exact) mass is 516 g/mol. The number of hydrogen-bond donors (Lipinski definition) is 0. The topological polar surface area (TPSA) is 46.2 Å². The zero-order valence-electron chi connectivity index (χ0n) is 14.6. The molecule has 0 aliphatic carbocycles. The van der Waals surface area contributed by atoms with Crippen LogP contribution in [-0.4, -0.2) is 61.8 Å². The van der Waals surface area contributed by atoms with Gasteiger partial charge in [0.15, 0.2) is 6.86 Å². The molecule has 0 radical (unpaired) electrons. The molecule has 0 amide bonds. The van der Waals surface area contributed by atoms with Crippen LogP contribution in [0, 0.1) is 5.41 Å². The summed E-state index contributed by atoms with van der Waals surface area (Å²) in [6, 6.07) is 0. The number of rotatable bonds is 3. The number of hydrogen-bond acceptors (Lipinski definition) is 5. The maximum atomic E-state index is 14.4. The summed E-state index contributed by atoms with van der Waals surface area (Å²) in [7, 11) is 0. The first-order valence-corrected chi connectivity index (χ1v) is 7.48.